The largest absolute Gasteiger partial charge is 0.437 e. The summed E-state index contributed by atoms with van der Waals surface area (Å²) < 4.78 is 71.4. The molecule has 0 aliphatic rings. The summed E-state index contributed by atoms with van der Waals surface area (Å²) in [5.41, 5.74) is -1.43. The van der Waals surface area contributed by atoms with Gasteiger partial charge in [0.2, 0.25) is 5.88 Å². The highest BCUT2D eigenvalue weighted by molar-refractivity contribution is 7.92. The minimum atomic E-state index is -4.71. The predicted octanol–water partition coefficient (Wildman–Crippen LogP) is 5.79. The quantitative estimate of drug-likeness (QED) is 0.469. The first kappa shape index (κ1) is 22.3. The summed E-state index contributed by atoms with van der Waals surface area (Å²) in [6.07, 6.45) is 1.94. The van der Waals surface area contributed by atoms with E-state index in [0.717, 1.165) is 38.5 Å². The lowest BCUT2D eigenvalue weighted by atomic mass is 10.0. The molecule has 1 heterocycles. The molecule has 0 radical (unpaired) electrons. The topological polar surface area (TPSA) is 72.2 Å². The fourth-order valence-corrected chi connectivity index (χ4v) is 3.92. The molecule has 2 aromatic rings. The zero-order valence-electron chi connectivity index (χ0n) is 15.8. The van der Waals surface area contributed by atoms with Crippen molar-refractivity contribution < 1.29 is 26.1 Å². The van der Waals surface area contributed by atoms with Crippen molar-refractivity contribution in [2.75, 3.05) is 4.72 Å². The van der Waals surface area contributed by atoms with Gasteiger partial charge in [-0.05, 0) is 25.0 Å². The molecule has 0 bridgehead atoms. The Kier molecular flexibility index (Phi) is 7.91. The fraction of sp³-hybridized carbons (Fsp3) is 0.526. The third-order valence-electron chi connectivity index (χ3n) is 4.37. The van der Waals surface area contributed by atoms with Crippen LogP contribution in [0.4, 0.5) is 19.1 Å². The van der Waals surface area contributed by atoms with Gasteiger partial charge in [-0.15, -0.1) is 0 Å². The maximum Gasteiger partial charge on any atom is 0.437 e. The second-order valence-corrected chi connectivity index (χ2v) is 8.31. The van der Waals surface area contributed by atoms with Crippen LogP contribution in [0.15, 0.2) is 39.8 Å². The van der Waals surface area contributed by atoms with Crippen LogP contribution in [0.1, 0.15) is 63.1 Å². The summed E-state index contributed by atoms with van der Waals surface area (Å²) in [5.74, 6) is -0.470. The lowest BCUT2D eigenvalue weighted by Gasteiger charge is -2.09. The molecular weight excluding hydrogens is 393 g/mol. The Morgan fingerprint density at radius 1 is 1.00 bits per heavy atom. The van der Waals surface area contributed by atoms with E-state index in [1.54, 1.807) is 6.07 Å². The summed E-state index contributed by atoms with van der Waals surface area (Å²) in [4.78, 5) is -0.0677. The second-order valence-electron chi connectivity index (χ2n) is 6.63. The number of aromatic nitrogens is 1. The fourth-order valence-electron chi connectivity index (χ4n) is 2.88. The van der Waals surface area contributed by atoms with Gasteiger partial charge in [-0.2, -0.15) is 13.2 Å². The van der Waals surface area contributed by atoms with Crippen molar-refractivity contribution in [3.05, 3.63) is 41.6 Å². The van der Waals surface area contributed by atoms with Crippen LogP contribution in [0.3, 0.4) is 0 Å². The van der Waals surface area contributed by atoms with Crippen molar-refractivity contribution in [3.63, 3.8) is 0 Å². The van der Waals surface area contributed by atoms with Gasteiger partial charge in [0.25, 0.3) is 10.0 Å². The number of hydrogen-bond donors (Lipinski definition) is 1. The number of benzene rings is 1. The van der Waals surface area contributed by atoms with Gasteiger partial charge in [0.15, 0.2) is 5.69 Å². The van der Waals surface area contributed by atoms with Crippen molar-refractivity contribution in [1.29, 1.82) is 0 Å². The van der Waals surface area contributed by atoms with Gasteiger partial charge < -0.3 is 4.52 Å². The Morgan fingerprint density at radius 3 is 2.21 bits per heavy atom. The number of alkyl halides is 3. The molecule has 0 saturated heterocycles. The van der Waals surface area contributed by atoms with E-state index >= 15 is 0 Å². The number of anilines is 1. The van der Waals surface area contributed by atoms with Crippen LogP contribution in [-0.2, 0) is 22.6 Å². The van der Waals surface area contributed by atoms with E-state index in [1.165, 1.54) is 24.3 Å². The Bertz CT molecular complexity index is 834. The van der Waals surface area contributed by atoms with Crippen LogP contribution in [-0.4, -0.2) is 13.6 Å². The van der Waals surface area contributed by atoms with Crippen LogP contribution >= 0.6 is 0 Å². The Morgan fingerprint density at radius 2 is 1.61 bits per heavy atom. The van der Waals surface area contributed by atoms with Crippen molar-refractivity contribution >= 4 is 15.9 Å². The smallest absolute Gasteiger partial charge is 0.337 e. The predicted molar refractivity (Wildman–Crippen MR) is 100 cm³/mol. The van der Waals surface area contributed by atoms with Crippen LogP contribution < -0.4 is 4.72 Å². The number of hydrogen-bond acceptors (Lipinski definition) is 4. The highest BCUT2D eigenvalue weighted by Crippen LogP contribution is 2.36. The second kappa shape index (κ2) is 9.95. The van der Waals surface area contributed by atoms with Gasteiger partial charge >= 0.3 is 6.18 Å². The lowest BCUT2D eigenvalue weighted by Crippen LogP contribution is -2.15. The van der Waals surface area contributed by atoms with Crippen LogP contribution in [0.5, 0.6) is 0 Å². The lowest BCUT2D eigenvalue weighted by molar-refractivity contribution is -0.143. The molecule has 1 aromatic heterocycles. The highest BCUT2D eigenvalue weighted by Gasteiger charge is 2.39. The van der Waals surface area contributed by atoms with Crippen LogP contribution in [0.25, 0.3) is 0 Å². The molecule has 2 rings (SSSR count). The first-order valence-electron chi connectivity index (χ1n) is 9.39. The Labute approximate surface area is 163 Å². The molecule has 0 fully saturated rings. The highest BCUT2D eigenvalue weighted by atomic mass is 32.2. The summed E-state index contributed by atoms with van der Waals surface area (Å²) in [6, 6.07) is 7.38. The van der Waals surface area contributed by atoms with Gasteiger partial charge in [0, 0.05) is 0 Å². The number of nitrogens with zero attached hydrogens (tertiary/aromatic N) is 1. The average Bonchev–Trinajstić information content (AvgIpc) is 3.04. The maximum atomic E-state index is 13.2. The van der Waals surface area contributed by atoms with Crippen molar-refractivity contribution in [2.45, 2.75) is 69.4 Å². The van der Waals surface area contributed by atoms with Crippen LogP contribution in [0.2, 0.25) is 0 Å². The standard InChI is InChI=1S/C19H25F3N2O3S/c1-2-3-4-5-6-7-11-14-16-17(19(20,21)22)23-27-18(16)24-28(25,26)15-12-9-8-10-13-15/h8-10,12-13,24H,2-7,11,14H2,1H3. The number of halogens is 3. The minimum absolute atomic E-state index is 0.0404. The Hall–Kier alpha value is -2.03. The molecule has 1 aromatic carbocycles. The molecule has 0 amide bonds. The molecule has 156 valence electrons. The molecule has 0 saturated carbocycles. The zero-order chi connectivity index (χ0) is 20.6. The molecule has 5 nitrogen and oxygen atoms in total. The molecular formula is C19H25F3N2O3S. The number of sulfonamides is 1. The average molecular weight is 418 g/mol. The van der Waals surface area contributed by atoms with Gasteiger partial charge in [0.05, 0.1) is 10.5 Å². The maximum absolute atomic E-state index is 13.2. The van der Waals surface area contributed by atoms with E-state index in [0.29, 0.717) is 6.42 Å². The van der Waals surface area contributed by atoms with Gasteiger partial charge in [0.1, 0.15) is 0 Å². The van der Waals surface area contributed by atoms with Crippen molar-refractivity contribution in [1.82, 2.24) is 5.16 Å². The molecule has 9 heteroatoms. The van der Waals surface area contributed by atoms with E-state index in [4.69, 9.17) is 4.52 Å². The summed E-state index contributed by atoms with van der Waals surface area (Å²) >= 11 is 0. The summed E-state index contributed by atoms with van der Waals surface area (Å²) in [6.45, 7) is 2.11. The molecule has 0 spiro atoms. The summed E-state index contributed by atoms with van der Waals surface area (Å²) in [7, 11) is -4.06. The normalized spacial score (nSPS) is 12.3. The van der Waals surface area contributed by atoms with E-state index in [1.807, 2.05) is 0 Å². The van der Waals surface area contributed by atoms with Crippen molar-refractivity contribution in [2.24, 2.45) is 0 Å². The van der Waals surface area contributed by atoms with Gasteiger partial charge in [-0.25, -0.2) is 13.1 Å². The number of nitrogens with one attached hydrogen (secondary N) is 1. The third-order valence-corrected chi connectivity index (χ3v) is 5.71. The van der Waals surface area contributed by atoms with Gasteiger partial charge in [-0.3, -0.25) is 0 Å². The molecule has 0 aliphatic carbocycles. The third kappa shape index (κ3) is 6.25. The first-order chi connectivity index (χ1) is 13.3. The van der Waals surface area contributed by atoms with Gasteiger partial charge in [-0.1, -0.05) is 68.8 Å². The minimum Gasteiger partial charge on any atom is -0.337 e. The number of rotatable bonds is 11. The Balaban J connectivity index is 2.11. The van der Waals surface area contributed by atoms with E-state index in [-0.39, 0.29) is 16.9 Å². The first-order valence-corrected chi connectivity index (χ1v) is 10.9. The van der Waals surface area contributed by atoms with E-state index in [2.05, 4.69) is 16.8 Å². The SMILES string of the molecule is CCCCCCCCCc1c(C(F)(F)F)noc1NS(=O)(=O)c1ccccc1. The molecule has 28 heavy (non-hydrogen) atoms. The molecule has 1 N–H and O–H groups in total. The monoisotopic (exact) mass is 418 g/mol. The van der Waals surface area contributed by atoms with Crippen LogP contribution in [0, 0.1) is 0 Å². The zero-order valence-corrected chi connectivity index (χ0v) is 16.6. The number of unbranched alkanes of at least 4 members (excludes halogenated alkanes) is 6. The molecule has 0 atom stereocenters. The van der Waals surface area contributed by atoms with E-state index < -0.39 is 27.8 Å². The molecule has 0 unspecified atom stereocenters. The summed E-state index contributed by atoms with van der Waals surface area (Å²) in [5, 5.41) is 3.08. The van der Waals surface area contributed by atoms with E-state index in [9.17, 15) is 21.6 Å². The van der Waals surface area contributed by atoms with Crippen molar-refractivity contribution in [3.8, 4) is 0 Å². The molecule has 0 aliphatic heterocycles.